The molecule has 34 heavy (non-hydrogen) atoms. The van der Waals surface area contributed by atoms with Gasteiger partial charge >= 0.3 is 11.9 Å². The summed E-state index contributed by atoms with van der Waals surface area (Å²) in [6.45, 7) is -0.0540. The third-order valence-electron chi connectivity index (χ3n) is 5.46. The molecule has 4 rings (SSSR count). The van der Waals surface area contributed by atoms with Gasteiger partial charge in [-0.15, -0.1) is 0 Å². The van der Waals surface area contributed by atoms with Crippen LogP contribution in [0.3, 0.4) is 0 Å². The normalized spacial score (nSPS) is 16.6. The highest BCUT2D eigenvalue weighted by Gasteiger charge is 2.43. The maximum atomic E-state index is 13.1. The monoisotopic (exact) mass is 458 g/mol. The van der Waals surface area contributed by atoms with Gasteiger partial charge in [0.15, 0.2) is 11.5 Å². The zero-order valence-corrected chi connectivity index (χ0v) is 18.2. The van der Waals surface area contributed by atoms with Crippen LogP contribution in [0.5, 0.6) is 11.5 Å². The van der Waals surface area contributed by atoms with Crippen molar-refractivity contribution >= 4 is 17.6 Å². The van der Waals surface area contributed by atoms with Crippen LogP contribution in [0.25, 0.3) is 0 Å². The van der Waals surface area contributed by atoms with Gasteiger partial charge in [-0.25, -0.2) is 9.59 Å². The van der Waals surface area contributed by atoms with E-state index in [2.05, 4.69) is 6.07 Å². The Labute approximate surface area is 194 Å². The van der Waals surface area contributed by atoms with Crippen molar-refractivity contribution in [1.82, 2.24) is 0 Å². The number of nitrogens with two attached hydrogens (primary N) is 1. The summed E-state index contributed by atoms with van der Waals surface area (Å²) in [5, 5.41) is 19.9. The molecule has 2 heterocycles. The van der Waals surface area contributed by atoms with Crippen LogP contribution in [-0.4, -0.2) is 33.0 Å². The molecule has 0 saturated carbocycles. The van der Waals surface area contributed by atoms with E-state index in [1.165, 1.54) is 12.1 Å². The number of fused-ring (bicyclic) bond motifs is 1. The first kappa shape index (κ1) is 22.2. The fourth-order valence-corrected chi connectivity index (χ4v) is 3.97. The van der Waals surface area contributed by atoms with E-state index < -0.39 is 17.9 Å². The Morgan fingerprint density at radius 1 is 1.03 bits per heavy atom. The molecule has 2 aliphatic rings. The number of esters is 2. The third-order valence-corrected chi connectivity index (χ3v) is 5.46. The lowest BCUT2D eigenvalue weighted by Gasteiger charge is -2.36. The number of carbonyl (C=O) groups is 2. The molecule has 2 aliphatic heterocycles. The minimum Gasteiger partial charge on any atom is -0.466 e. The smallest absolute Gasteiger partial charge is 0.355 e. The second kappa shape index (κ2) is 8.88. The Bertz CT molecular complexity index is 1330. The molecule has 0 spiro atoms. The number of allylic oxidation sites excluding steroid dienone is 1. The Kier molecular flexibility index (Phi) is 5.81. The Morgan fingerprint density at radius 3 is 2.26 bits per heavy atom. The van der Waals surface area contributed by atoms with E-state index in [0.717, 1.165) is 19.1 Å². The molecular weight excluding hydrogens is 440 g/mol. The van der Waals surface area contributed by atoms with Crippen molar-refractivity contribution in [3.8, 4) is 23.6 Å². The molecule has 0 saturated heterocycles. The summed E-state index contributed by atoms with van der Waals surface area (Å²) in [7, 11) is 2.30. The molecule has 10 nitrogen and oxygen atoms in total. The van der Waals surface area contributed by atoms with Crippen molar-refractivity contribution in [2.45, 2.75) is 5.92 Å². The lowest BCUT2D eigenvalue weighted by molar-refractivity contribution is -0.139. The van der Waals surface area contributed by atoms with Crippen LogP contribution in [-0.2, 0) is 19.1 Å². The number of ether oxygens (including phenoxy) is 4. The molecule has 0 aromatic heterocycles. The highest BCUT2D eigenvalue weighted by molar-refractivity contribution is 6.06. The van der Waals surface area contributed by atoms with Gasteiger partial charge in [-0.05, 0) is 5.56 Å². The summed E-state index contributed by atoms with van der Waals surface area (Å²) in [4.78, 5) is 27.3. The van der Waals surface area contributed by atoms with E-state index in [1.54, 1.807) is 30.3 Å². The van der Waals surface area contributed by atoms with Crippen LogP contribution >= 0.6 is 0 Å². The fourth-order valence-electron chi connectivity index (χ4n) is 3.97. The van der Waals surface area contributed by atoms with Gasteiger partial charge < -0.3 is 24.7 Å². The number of hydrogen-bond acceptors (Lipinski definition) is 10. The molecule has 2 aromatic rings. The van der Waals surface area contributed by atoms with E-state index in [4.69, 9.17) is 24.7 Å². The predicted molar refractivity (Wildman–Crippen MR) is 117 cm³/mol. The average molecular weight is 458 g/mol. The second-order valence-corrected chi connectivity index (χ2v) is 7.17. The quantitative estimate of drug-likeness (QED) is 0.676. The molecule has 0 aliphatic carbocycles. The first-order valence-corrected chi connectivity index (χ1v) is 9.96. The van der Waals surface area contributed by atoms with Gasteiger partial charge in [-0.2, -0.15) is 10.5 Å². The number of anilines is 1. The summed E-state index contributed by atoms with van der Waals surface area (Å²) in [5.41, 5.74) is 6.70. The highest BCUT2D eigenvalue weighted by atomic mass is 16.7. The maximum absolute atomic E-state index is 13.1. The standard InChI is InChI=1S/C24H18N4O6/c1-31-23(29)20-19(13-6-4-3-5-7-13)15(11-26)22(27)28(21(20)24(30)32-2)16-9-18-17(33-12-34-18)8-14(16)10-25/h3-9,19H,12,27H2,1-2H3. The Balaban J connectivity index is 2.09. The van der Waals surface area contributed by atoms with Crippen molar-refractivity contribution in [2.75, 3.05) is 25.9 Å². The zero-order chi connectivity index (χ0) is 24.4. The van der Waals surface area contributed by atoms with Crippen LogP contribution in [0.1, 0.15) is 17.0 Å². The SMILES string of the molecule is COC(=O)C1=C(C(=O)OC)N(c2cc3c(cc2C#N)OCO3)C(N)=C(C#N)C1c1ccccc1. The number of rotatable bonds is 4. The van der Waals surface area contributed by atoms with Crippen LogP contribution < -0.4 is 20.1 Å². The van der Waals surface area contributed by atoms with Gasteiger partial charge in [0.05, 0.1) is 48.6 Å². The molecule has 1 unspecified atom stereocenters. The summed E-state index contributed by atoms with van der Waals surface area (Å²) in [6.07, 6.45) is 0. The van der Waals surface area contributed by atoms with Gasteiger partial charge in [0.2, 0.25) is 6.79 Å². The number of methoxy groups -OCH3 is 2. The van der Waals surface area contributed by atoms with Crippen molar-refractivity contribution < 1.29 is 28.5 Å². The molecule has 1 atom stereocenters. The van der Waals surface area contributed by atoms with E-state index in [0.29, 0.717) is 17.1 Å². The van der Waals surface area contributed by atoms with Crippen molar-refractivity contribution in [1.29, 1.82) is 10.5 Å². The first-order valence-electron chi connectivity index (χ1n) is 9.96. The van der Waals surface area contributed by atoms with Gasteiger partial charge in [-0.3, -0.25) is 4.90 Å². The lowest BCUT2D eigenvalue weighted by Crippen LogP contribution is -2.41. The molecular formula is C24H18N4O6. The number of hydrogen-bond donors (Lipinski definition) is 1. The molecule has 0 amide bonds. The summed E-state index contributed by atoms with van der Waals surface area (Å²) in [5.74, 6) is -2.31. The topological polar surface area (TPSA) is 148 Å². The maximum Gasteiger partial charge on any atom is 0.355 e. The van der Waals surface area contributed by atoms with Crippen molar-refractivity contribution in [2.24, 2.45) is 5.73 Å². The molecule has 2 aromatic carbocycles. The van der Waals surface area contributed by atoms with Gasteiger partial charge in [0.1, 0.15) is 17.6 Å². The highest BCUT2D eigenvalue weighted by Crippen LogP contribution is 2.46. The van der Waals surface area contributed by atoms with E-state index >= 15 is 0 Å². The first-order chi connectivity index (χ1) is 16.5. The minimum atomic E-state index is -1.01. The fraction of sp³-hybridized carbons (Fsp3) is 0.167. The number of nitriles is 2. The second-order valence-electron chi connectivity index (χ2n) is 7.17. The summed E-state index contributed by atoms with van der Waals surface area (Å²) in [6, 6.07) is 15.6. The number of benzene rings is 2. The molecule has 0 bridgehead atoms. The van der Waals surface area contributed by atoms with E-state index in [9.17, 15) is 20.1 Å². The molecule has 170 valence electrons. The van der Waals surface area contributed by atoms with Crippen molar-refractivity contribution in [3.63, 3.8) is 0 Å². The summed E-state index contributed by atoms with van der Waals surface area (Å²) >= 11 is 0. The minimum absolute atomic E-state index is 0.0131. The van der Waals surface area contributed by atoms with E-state index in [-0.39, 0.29) is 40.7 Å². The molecule has 0 fully saturated rings. The third kappa shape index (κ3) is 3.44. The Morgan fingerprint density at radius 2 is 1.68 bits per heavy atom. The predicted octanol–water partition coefficient (Wildman–Crippen LogP) is 2.18. The van der Waals surface area contributed by atoms with Crippen LogP contribution in [0.4, 0.5) is 5.69 Å². The molecule has 0 radical (unpaired) electrons. The lowest BCUT2D eigenvalue weighted by atomic mass is 9.80. The largest absolute Gasteiger partial charge is 0.466 e. The van der Waals surface area contributed by atoms with Gasteiger partial charge in [0, 0.05) is 12.1 Å². The van der Waals surface area contributed by atoms with Crippen molar-refractivity contribution in [3.05, 3.63) is 76.3 Å². The van der Waals surface area contributed by atoms with Crippen LogP contribution in [0, 0.1) is 22.7 Å². The van der Waals surface area contributed by atoms with Gasteiger partial charge in [-0.1, -0.05) is 30.3 Å². The average Bonchev–Trinajstić information content (AvgIpc) is 3.34. The molecule has 2 N–H and O–H groups in total. The number of nitrogens with zero attached hydrogens (tertiary/aromatic N) is 3. The van der Waals surface area contributed by atoms with Crippen LogP contribution in [0.15, 0.2) is 65.1 Å². The Hall–Kier alpha value is -4.96. The summed E-state index contributed by atoms with van der Waals surface area (Å²) < 4.78 is 20.7. The number of carbonyl (C=O) groups excluding carboxylic acids is 2. The zero-order valence-electron chi connectivity index (χ0n) is 18.2. The van der Waals surface area contributed by atoms with E-state index in [1.807, 2.05) is 6.07 Å². The van der Waals surface area contributed by atoms with Crippen LogP contribution in [0.2, 0.25) is 0 Å². The molecule has 10 heteroatoms. The van der Waals surface area contributed by atoms with Gasteiger partial charge in [0.25, 0.3) is 0 Å².